The molecular formula is C20H28N4O4. The van der Waals surface area contributed by atoms with E-state index in [1.54, 1.807) is 30.4 Å². The topological polar surface area (TPSA) is 88.9 Å². The molecule has 0 bridgehead atoms. The average Bonchev–Trinajstić information content (AvgIpc) is 3.18. The third kappa shape index (κ3) is 5.31. The quantitative estimate of drug-likeness (QED) is 0.691. The minimum absolute atomic E-state index is 0.148. The molecule has 1 aliphatic heterocycles. The summed E-state index contributed by atoms with van der Waals surface area (Å²) in [6, 6.07) is 7.54. The van der Waals surface area contributed by atoms with Crippen LogP contribution in [0, 0.1) is 0 Å². The molecule has 0 spiro atoms. The van der Waals surface area contributed by atoms with E-state index in [2.05, 4.69) is 15.2 Å². The fourth-order valence-electron chi connectivity index (χ4n) is 3.49. The first kappa shape index (κ1) is 20.3. The SMILES string of the molecule is COc1ccccc1CN(C)C[C@H]1OCC[C@H](NC(=O)Cn2ccnc2)[C@@H]1O. The molecule has 8 heteroatoms. The molecule has 2 N–H and O–H groups in total. The minimum atomic E-state index is -0.763. The van der Waals surface area contributed by atoms with Crippen LogP contribution in [0.1, 0.15) is 12.0 Å². The van der Waals surface area contributed by atoms with Gasteiger partial charge in [-0.2, -0.15) is 0 Å². The minimum Gasteiger partial charge on any atom is -0.496 e. The van der Waals surface area contributed by atoms with Crippen molar-refractivity contribution < 1.29 is 19.4 Å². The fraction of sp³-hybridized carbons (Fsp3) is 0.500. The summed E-state index contributed by atoms with van der Waals surface area (Å²) in [5.41, 5.74) is 1.07. The molecule has 1 aliphatic rings. The summed E-state index contributed by atoms with van der Waals surface area (Å²) in [6.45, 7) is 1.91. The number of amides is 1. The normalized spacial score (nSPS) is 22.2. The van der Waals surface area contributed by atoms with Gasteiger partial charge in [0.2, 0.25) is 5.91 Å². The maximum Gasteiger partial charge on any atom is 0.240 e. The van der Waals surface area contributed by atoms with Crippen LogP contribution in [-0.2, 0) is 22.6 Å². The Hall–Kier alpha value is -2.42. The fourth-order valence-corrected chi connectivity index (χ4v) is 3.49. The van der Waals surface area contributed by atoms with Gasteiger partial charge >= 0.3 is 0 Å². The molecule has 0 unspecified atom stereocenters. The number of carbonyl (C=O) groups is 1. The Bertz CT molecular complexity index is 752. The van der Waals surface area contributed by atoms with Gasteiger partial charge in [0.05, 0.1) is 25.6 Å². The van der Waals surface area contributed by atoms with Gasteiger partial charge in [-0.25, -0.2) is 4.98 Å². The maximum absolute atomic E-state index is 12.2. The van der Waals surface area contributed by atoms with Gasteiger partial charge in [0.25, 0.3) is 0 Å². The second kappa shape index (κ2) is 9.68. The molecule has 0 aliphatic carbocycles. The smallest absolute Gasteiger partial charge is 0.240 e. The zero-order valence-electron chi connectivity index (χ0n) is 16.3. The van der Waals surface area contributed by atoms with E-state index in [1.807, 2.05) is 31.3 Å². The molecule has 0 saturated carbocycles. The standard InChI is InChI=1S/C20H28N4O4/c1-23(11-15-5-3-4-6-17(15)27-2)12-18-20(26)16(7-10-28-18)22-19(25)13-24-9-8-21-14-24/h3-6,8-9,14,16,18,20,26H,7,10-13H2,1-2H3,(H,22,25)/t16-,18+,20-/m0/s1. The highest BCUT2D eigenvalue weighted by atomic mass is 16.5. The van der Waals surface area contributed by atoms with Gasteiger partial charge in [0.1, 0.15) is 18.4 Å². The zero-order valence-corrected chi connectivity index (χ0v) is 16.3. The lowest BCUT2D eigenvalue weighted by atomic mass is 9.99. The third-order valence-electron chi connectivity index (χ3n) is 4.91. The number of methoxy groups -OCH3 is 1. The number of nitrogens with one attached hydrogen (secondary N) is 1. The van der Waals surface area contributed by atoms with Crippen LogP contribution in [0.3, 0.4) is 0 Å². The van der Waals surface area contributed by atoms with Crippen LogP contribution in [0.15, 0.2) is 43.0 Å². The van der Waals surface area contributed by atoms with Crippen LogP contribution < -0.4 is 10.1 Å². The summed E-state index contributed by atoms with van der Waals surface area (Å²) in [4.78, 5) is 18.2. The Morgan fingerprint density at radius 2 is 2.29 bits per heavy atom. The van der Waals surface area contributed by atoms with E-state index in [4.69, 9.17) is 9.47 Å². The molecule has 3 rings (SSSR count). The summed E-state index contributed by atoms with van der Waals surface area (Å²) >= 11 is 0. The van der Waals surface area contributed by atoms with Crippen LogP contribution in [0.25, 0.3) is 0 Å². The van der Waals surface area contributed by atoms with Gasteiger partial charge < -0.3 is 24.5 Å². The number of hydrogen-bond donors (Lipinski definition) is 2. The number of carbonyl (C=O) groups excluding carboxylic acids is 1. The van der Waals surface area contributed by atoms with Crippen LogP contribution in [0.4, 0.5) is 0 Å². The third-order valence-corrected chi connectivity index (χ3v) is 4.91. The van der Waals surface area contributed by atoms with Crippen LogP contribution >= 0.6 is 0 Å². The first-order valence-corrected chi connectivity index (χ1v) is 9.42. The summed E-state index contributed by atoms with van der Waals surface area (Å²) in [7, 11) is 3.63. The largest absolute Gasteiger partial charge is 0.496 e. The van der Waals surface area contributed by atoms with E-state index in [0.717, 1.165) is 11.3 Å². The molecule has 1 amide bonds. The number of hydrogen-bond acceptors (Lipinski definition) is 6. The van der Waals surface area contributed by atoms with E-state index in [1.165, 1.54) is 0 Å². The van der Waals surface area contributed by atoms with E-state index in [-0.39, 0.29) is 24.6 Å². The Kier molecular flexibility index (Phi) is 7.02. The van der Waals surface area contributed by atoms with Gasteiger partial charge in [0, 0.05) is 37.7 Å². The Balaban J connectivity index is 1.53. The monoisotopic (exact) mass is 388 g/mol. The van der Waals surface area contributed by atoms with Gasteiger partial charge in [-0.3, -0.25) is 9.69 Å². The van der Waals surface area contributed by atoms with Gasteiger partial charge in [-0.1, -0.05) is 18.2 Å². The number of benzene rings is 1. The first-order chi connectivity index (χ1) is 13.6. The van der Waals surface area contributed by atoms with Crippen molar-refractivity contribution in [3.63, 3.8) is 0 Å². The highest BCUT2D eigenvalue weighted by Crippen LogP contribution is 2.21. The van der Waals surface area contributed by atoms with E-state index in [9.17, 15) is 9.90 Å². The van der Waals surface area contributed by atoms with Crippen molar-refractivity contribution in [3.05, 3.63) is 48.5 Å². The first-order valence-electron chi connectivity index (χ1n) is 9.42. The molecule has 28 heavy (non-hydrogen) atoms. The second-order valence-corrected chi connectivity index (χ2v) is 7.11. The summed E-state index contributed by atoms with van der Waals surface area (Å²) in [5, 5.41) is 13.6. The lowest BCUT2D eigenvalue weighted by Crippen LogP contribution is -2.56. The van der Waals surface area contributed by atoms with Crippen molar-refractivity contribution in [3.8, 4) is 5.75 Å². The maximum atomic E-state index is 12.2. The average molecular weight is 388 g/mol. The predicted octanol–water partition coefficient (Wildman–Crippen LogP) is 0.658. The van der Waals surface area contributed by atoms with Crippen LogP contribution in [-0.4, -0.2) is 71.0 Å². The Morgan fingerprint density at radius 3 is 3.04 bits per heavy atom. The number of aromatic nitrogens is 2. The van der Waals surface area contributed by atoms with Gasteiger partial charge in [-0.05, 0) is 19.5 Å². The number of aliphatic hydroxyl groups is 1. The van der Waals surface area contributed by atoms with E-state index < -0.39 is 6.10 Å². The van der Waals surface area contributed by atoms with Crippen LogP contribution in [0.5, 0.6) is 5.75 Å². The van der Waals surface area contributed by atoms with Crippen LogP contribution in [0.2, 0.25) is 0 Å². The second-order valence-electron chi connectivity index (χ2n) is 7.11. The number of aliphatic hydroxyl groups excluding tert-OH is 1. The van der Waals surface area contributed by atoms with Gasteiger partial charge in [0.15, 0.2) is 0 Å². The number of nitrogens with zero attached hydrogens (tertiary/aromatic N) is 3. The van der Waals surface area contributed by atoms with Crippen molar-refractivity contribution in [2.24, 2.45) is 0 Å². The van der Waals surface area contributed by atoms with E-state index in [0.29, 0.717) is 26.1 Å². The number of ether oxygens (including phenoxy) is 2. The molecular weight excluding hydrogens is 360 g/mol. The molecule has 1 aromatic heterocycles. The summed E-state index contributed by atoms with van der Waals surface area (Å²) in [6.07, 6.45) is 4.41. The number of imidazole rings is 1. The molecule has 1 aromatic carbocycles. The predicted molar refractivity (Wildman–Crippen MR) is 104 cm³/mol. The van der Waals surface area contributed by atoms with Crippen molar-refractivity contribution in [2.75, 3.05) is 27.3 Å². The van der Waals surface area contributed by atoms with Gasteiger partial charge in [-0.15, -0.1) is 0 Å². The van der Waals surface area contributed by atoms with Crippen molar-refractivity contribution in [1.82, 2.24) is 19.8 Å². The highest BCUT2D eigenvalue weighted by molar-refractivity contribution is 5.76. The number of para-hydroxylation sites is 1. The van der Waals surface area contributed by atoms with Crippen molar-refractivity contribution in [1.29, 1.82) is 0 Å². The molecule has 2 heterocycles. The zero-order chi connectivity index (χ0) is 19.9. The molecule has 8 nitrogen and oxygen atoms in total. The van der Waals surface area contributed by atoms with Crippen molar-refractivity contribution in [2.45, 2.75) is 37.8 Å². The molecule has 1 saturated heterocycles. The summed E-state index contributed by atoms with van der Waals surface area (Å²) in [5.74, 6) is 0.689. The summed E-state index contributed by atoms with van der Waals surface area (Å²) < 4.78 is 12.9. The molecule has 3 atom stereocenters. The molecule has 1 fully saturated rings. The molecule has 152 valence electrons. The molecule has 0 radical (unpaired) electrons. The lowest BCUT2D eigenvalue weighted by Gasteiger charge is -2.37. The highest BCUT2D eigenvalue weighted by Gasteiger charge is 2.34. The Morgan fingerprint density at radius 1 is 1.46 bits per heavy atom. The van der Waals surface area contributed by atoms with E-state index >= 15 is 0 Å². The van der Waals surface area contributed by atoms with Crippen molar-refractivity contribution >= 4 is 5.91 Å². The number of likely N-dealkylation sites (N-methyl/N-ethyl adjacent to an activating group) is 1. The molecule has 2 aromatic rings. The lowest BCUT2D eigenvalue weighted by molar-refractivity contribution is -0.130. The Labute approximate surface area is 165 Å². The number of rotatable bonds is 8.